The maximum Gasteiger partial charge on any atom is 0.335 e. The second-order valence-corrected chi connectivity index (χ2v) is 9.71. The largest absolute Gasteiger partial charge is 0.494 e. The van der Waals surface area contributed by atoms with Gasteiger partial charge in [-0.15, -0.1) is 0 Å². The van der Waals surface area contributed by atoms with Crippen LogP contribution in [0.2, 0.25) is 5.02 Å². The number of nitrogens with one attached hydrogen (secondary N) is 2. The van der Waals surface area contributed by atoms with E-state index in [1.54, 1.807) is 31.2 Å². The van der Waals surface area contributed by atoms with Crippen LogP contribution >= 0.6 is 11.6 Å². The molecule has 1 heterocycles. The van der Waals surface area contributed by atoms with Gasteiger partial charge < -0.3 is 19.5 Å². The highest BCUT2D eigenvalue weighted by Gasteiger charge is 2.37. The van der Waals surface area contributed by atoms with Gasteiger partial charge in [0.25, 0.3) is 17.7 Å². The summed E-state index contributed by atoms with van der Waals surface area (Å²) in [4.78, 5) is 52.0. The van der Waals surface area contributed by atoms with Gasteiger partial charge in [0.05, 0.1) is 23.9 Å². The Kier molecular flexibility index (Phi) is 9.49. The lowest BCUT2D eigenvalue weighted by Crippen LogP contribution is -2.54. The van der Waals surface area contributed by atoms with Crippen LogP contribution in [-0.4, -0.2) is 43.6 Å². The minimum atomic E-state index is -0.873. The summed E-state index contributed by atoms with van der Waals surface area (Å²) in [6, 6.07) is 14.2. The molecule has 0 bridgehead atoms. The van der Waals surface area contributed by atoms with Crippen molar-refractivity contribution in [3.8, 4) is 17.2 Å². The minimum absolute atomic E-state index is 0.0930. The zero-order valence-electron chi connectivity index (χ0n) is 23.6. The van der Waals surface area contributed by atoms with E-state index in [0.29, 0.717) is 23.6 Å². The number of hydrogen-bond acceptors (Lipinski definition) is 7. The third-order valence-electron chi connectivity index (χ3n) is 6.17. The van der Waals surface area contributed by atoms with E-state index in [-0.39, 0.29) is 41.0 Å². The van der Waals surface area contributed by atoms with E-state index in [4.69, 9.17) is 25.8 Å². The van der Waals surface area contributed by atoms with Crippen LogP contribution in [0.1, 0.15) is 30.5 Å². The molecule has 1 saturated heterocycles. The molecule has 0 spiro atoms. The van der Waals surface area contributed by atoms with E-state index in [0.717, 1.165) is 16.0 Å². The molecule has 5 amide bonds. The van der Waals surface area contributed by atoms with E-state index in [9.17, 15) is 19.2 Å². The fourth-order valence-electron chi connectivity index (χ4n) is 4.19. The Morgan fingerprint density at radius 3 is 2.36 bits per heavy atom. The van der Waals surface area contributed by atoms with E-state index in [1.807, 2.05) is 39.0 Å². The number of hydrogen-bond donors (Lipinski definition) is 2. The van der Waals surface area contributed by atoms with Gasteiger partial charge in [0.2, 0.25) is 0 Å². The van der Waals surface area contributed by atoms with Crippen molar-refractivity contribution in [3.63, 3.8) is 0 Å². The number of aryl methyl sites for hydroxylation is 2. The Labute approximate surface area is 248 Å². The molecular weight excluding hydrogens is 562 g/mol. The molecule has 4 rings (SSSR count). The van der Waals surface area contributed by atoms with Crippen molar-refractivity contribution in [2.45, 2.75) is 27.7 Å². The molecule has 0 aliphatic carbocycles. The summed E-state index contributed by atoms with van der Waals surface area (Å²) in [5.41, 5.74) is 2.90. The Balaban J connectivity index is 1.57. The fraction of sp³-hybridized carbons (Fsp3) is 0.226. The number of barbiturate groups is 1. The maximum atomic E-state index is 13.3. The first kappa shape index (κ1) is 30.1. The standard InChI is InChI=1S/C31H30ClN3O7/c1-5-40-22-11-9-21(10-12-22)35-30(38)23(29(37)34-31(35)39)14-20-15-24(32)28(26(16-20)41-6-2)42-17-27(36)33-25-13-18(3)7-8-19(25)4/h7-16H,5-6,17H2,1-4H3,(H,33,36)(H,34,37,39)/b23-14+. The molecule has 1 aliphatic rings. The summed E-state index contributed by atoms with van der Waals surface area (Å²) in [5, 5.41) is 5.10. The molecule has 0 radical (unpaired) electrons. The lowest BCUT2D eigenvalue weighted by molar-refractivity contribution is -0.122. The Bertz CT molecular complexity index is 1570. The van der Waals surface area contributed by atoms with E-state index >= 15 is 0 Å². The van der Waals surface area contributed by atoms with Crippen LogP contribution in [-0.2, 0) is 14.4 Å². The Morgan fingerprint density at radius 2 is 1.67 bits per heavy atom. The molecule has 0 atom stereocenters. The summed E-state index contributed by atoms with van der Waals surface area (Å²) in [6.07, 6.45) is 1.30. The molecule has 10 nitrogen and oxygen atoms in total. The van der Waals surface area contributed by atoms with Crippen molar-refractivity contribution in [1.82, 2.24) is 5.32 Å². The second kappa shape index (κ2) is 13.2. The van der Waals surface area contributed by atoms with Gasteiger partial charge in [0.1, 0.15) is 11.3 Å². The second-order valence-electron chi connectivity index (χ2n) is 9.30. The minimum Gasteiger partial charge on any atom is -0.494 e. The number of imide groups is 2. The van der Waals surface area contributed by atoms with Gasteiger partial charge >= 0.3 is 6.03 Å². The molecule has 11 heteroatoms. The number of anilines is 2. The van der Waals surface area contributed by atoms with Crippen LogP contribution in [0.25, 0.3) is 6.08 Å². The zero-order valence-corrected chi connectivity index (χ0v) is 24.3. The first-order chi connectivity index (χ1) is 20.1. The van der Waals surface area contributed by atoms with Gasteiger partial charge in [0.15, 0.2) is 18.1 Å². The van der Waals surface area contributed by atoms with Crippen LogP contribution in [0.5, 0.6) is 17.2 Å². The van der Waals surface area contributed by atoms with Crippen molar-refractivity contribution in [2.75, 3.05) is 30.0 Å². The van der Waals surface area contributed by atoms with E-state index in [1.165, 1.54) is 18.2 Å². The van der Waals surface area contributed by atoms with Crippen LogP contribution < -0.4 is 29.7 Å². The van der Waals surface area contributed by atoms with E-state index < -0.39 is 23.8 Å². The molecule has 3 aromatic rings. The van der Waals surface area contributed by atoms with Crippen LogP contribution in [0.15, 0.2) is 60.2 Å². The third-order valence-corrected chi connectivity index (χ3v) is 6.45. The zero-order chi connectivity index (χ0) is 30.4. The number of halogens is 1. The molecule has 0 saturated carbocycles. The SMILES string of the molecule is CCOc1ccc(N2C(=O)NC(=O)/C(=C\c3cc(Cl)c(OCC(=O)Nc4cc(C)ccc4C)c(OCC)c3)C2=O)cc1. The number of benzene rings is 3. The molecule has 0 aromatic heterocycles. The first-order valence-corrected chi connectivity index (χ1v) is 13.6. The summed E-state index contributed by atoms with van der Waals surface area (Å²) < 4.78 is 16.8. The monoisotopic (exact) mass is 591 g/mol. The third kappa shape index (κ3) is 6.90. The van der Waals surface area contributed by atoms with Gasteiger partial charge in [-0.1, -0.05) is 23.7 Å². The summed E-state index contributed by atoms with van der Waals surface area (Å²) in [6.45, 7) is 7.78. The maximum absolute atomic E-state index is 13.3. The highest BCUT2D eigenvalue weighted by Crippen LogP contribution is 2.38. The summed E-state index contributed by atoms with van der Waals surface area (Å²) in [5.74, 6) is -1.16. The summed E-state index contributed by atoms with van der Waals surface area (Å²) >= 11 is 6.51. The number of rotatable bonds is 10. The number of carbonyl (C=O) groups is 4. The van der Waals surface area contributed by atoms with Gasteiger partial charge in [-0.05, 0) is 92.9 Å². The number of ether oxygens (including phenoxy) is 3. The highest BCUT2D eigenvalue weighted by molar-refractivity contribution is 6.39. The molecule has 42 heavy (non-hydrogen) atoms. The quantitative estimate of drug-likeness (QED) is 0.238. The van der Waals surface area contributed by atoms with Crippen molar-refractivity contribution < 1.29 is 33.4 Å². The number of nitrogens with zero attached hydrogens (tertiary/aromatic N) is 1. The average Bonchev–Trinajstić information content (AvgIpc) is 2.94. The summed E-state index contributed by atoms with van der Waals surface area (Å²) in [7, 11) is 0. The molecular formula is C31H30ClN3O7. The lowest BCUT2D eigenvalue weighted by Gasteiger charge is -2.26. The fourth-order valence-corrected chi connectivity index (χ4v) is 4.46. The van der Waals surface area contributed by atoms with E-state index in [2.05, 4.69) is 10.6 Å². The van der Waals surface area contributed by atoms with Crippen LogP contribution in [0.3, 0.4) is 0 Å². The average molecular weight is 592 g/mol. The predicted octanol–water partition coefficient (Wildman–Crippen LogP) is 5.44. The van der Waals surface area contributed by atoms with Crippen molar-refractivity contribution in [2.24, 2.45) is 0 Å². The van der Waals surface area contributed by atoms with Crippen LogP contribution in [0.4, 0.5) is 16.2 Å². The topological polar surface area (TPSA) is 123 Å². The molecule has 0 unspecified atom stereocenters. The van der Waals surface area contributed by atoms with Crippen LogP contribution in [0, 0.1) is 13.8 Å². The lowest BCUT2D eigenvalue weighted by atomic mass is 10.1. The Hall–Kier alpha value is -4.83. The molecule has 1 aliphatic heterocycles. The highest BCUT2D eigenvalue weighted by atomic mass is 35.5. The van der Waals surface area contributed by atoms with Gasteiger partial charge in [-0.25, -0.2) is 9.69 Å². The predicted molar refractivity (Wildman–Crippen MR) is 159 cm³/mol. The first-order valence-electron chi connectivity index (χ1n) is 13.2. The number of carbonyl (C=O) groups excluding carboxylic acids is 4. The van der Waals surface area contributed by atoms with Crippen molar-refractivity contribution in [3.05, 3.63) is 81.9 Å². The van der Waals surface area contributed by atoms with Gasteiger partial charge in [0, 0.05) is 5.69 Å². The van der Waals surface area contributed by atoms with Gasteiger partial charge in [-0.3, -0.25) is 19.7 Å². The van der Waals surface area contributed by atoms with Gasteiger partial charge in [-0.2, -0.15) is 0 Å². The van der Waals surface area contributed by atoms with Crippen molar-refractivity contribution in [1.29, 1.82) is 0 Å². The number of amides is 5. The smallest absolute Gasteiger partial charge is 0.335 e. The number of urea groups is 1. The molecule has 218 valence electrons. The Morgan fingerprint density at radius 1 is 0.952 bits per heavy atom. The van der Waals surface area contributed by atoms with Crippen molar-refractivity contribution >= 4 is 52.8 Å². The molecule has 2 N–H and O–H groups in total. The molecule has 3 aromatic carbocycles. The normalized spacial score (nSPS) is 14.1. The molecule has 1 fully saturated rings.